The maximum absolute atomic E-state index is 12.4. The lowest BCUT2D eigenvalue weighted by Crippen LogP contribution is -2.63. The molecule has 1 saturated heterocycles. The van der Waals surface area contributed by atoms with Gasteiger partial charge in [0.2, 0.25) is 0 Å². The van der Waals surface area contributed by atoms with Crippen LogP contribution in [0.15, 0.2) is 121 Å². The molecule has 0 amide bonds. The molecule has 1 aliphatic heterocycles. The topological polar surface area (TPSA) is 89.3 Å². The summed E-state index contributed by atoms with van der Waals surface area (Å²) in [5.74, 6) is 0. The summed E-state index contributed by atoms with van der Waals surface area (Å²) >= 11 is 0. The highest BCUT2D eigenvalue weighted by Gasteiger charge is 2.53. The fourth-order valence-electron chi connectivity index (χ4n) is 4.93. The summed E-state index contributed by atoms with van der Waals surface area (Å²) in [6.07, 6.45) is -4.80. The summed E-state index contributed by atoms with van der Waals surface area (Å²) in [4.78, 5) is 11.9. The van der Waals surface area contributed by atoms with Crippen LogP contribution < -0.4 is 0 Å². The molecule has 0 bridgehead atoms. The minimum Gasteiger partial charge on any atom is -0.374 e. The van der Waals surface area contributed by atoms with E-state index in [-0.39, 0.29) is 26.4 Å². The van der Waals surface area contributed by atoms with Gasteiger partial charge in [0, 0.05) is 0 Å². The van der Waals surface area contributed by atoms with E-state index >= 15 is 0 Å². The van der Waals surface area contributed by atoms with Crippen molar-refractivity contribution in [3.05, 3.63) is 154 Å². The summed E-state index contributed by atoms with van der Waals surface area (Å²) in [5, 5.41) is 12.4. The molecular weight excluding hydrogens is 534 g/mol. The largest absolute Gasteiger partial charge is 0.374 e. The van der Waals surface area contributed by atoms with Crippen LogP contribution in [0.3, 0.4) is 0 Å². The number of hydrogen-bond donors (Lipinski definition) is 0. The van der Waals surface area contributed by atoms with Gasteiger partial charge in [-0.05, 0) is 22.3 Å². The van der Waals surface area contributed by atoms with Crippen molar-refractivity contribution in [3.63, 3.8) is 0 Å². The molecule has 218 valence electrons. The quantitative estimate of drug-likeness (QED) is 0.137. The molecular formula is C34H35NO7. The normalized spacial score (nSPS) is 22.0. The number of benzene rings is 4. The van der Waals surface area contributed by atoms with Crippen molar-refractivity contribution in [2.24, 2.45) is 0 Å². The fourth-order valence-corrected chi connectivity index (χ4v) is 4.93. The van der Waals surface area contributed by atoms with Gasteiger partial charge in [-0.25, -0.2) is 0 Å². The summed E-state index contributed by atoms with van der Waals surface area (Å²) in [6.45, 7) is 1.06. The van der Waals surface area contributed by atoms with Crippen LogP contribution in [0.4, 0.5) is 0 Å². The molecule has 1 aliphatic rings. The minimum absolute atomic E-state index is 0.0787. The molecule has 0 N–H and O–H groups in total. The third-order valence-electron chi connectivity index (χ3n) is 7.07. The predicted octanol–water partition coefficient (Wildman–Crippen LogP) is 5.96. The molecule has 0 aliphatic carbocycles. The van der Waals surface area contributed by atoms with Gasteiger partial charge in [-0.3, -0.25) is 10.1 Å². The zero-order valence-corrected chi connectivity index (χ0v) is 23.3. The third kappa shape index (κ3) is 8.31. The van der Waals surface area contributed by atoms with Gasteiger partial charge in [0.05, 0.1) is 38.0 Å². The van der Waals surface area contributed by atoms with E-state index in [1.165, 1.54) is 0 Å². The number of nitro groups is 1. The van der Waals surface area contributed by atoms with Crippen molar-refractivity contribution in [3.8, 4) is 0 Å². The maximum atomic E-state index is 12.4. The van der Waals surface area contributed by atoms with E-state index in [9.17, 15) is 10.1 Å². The monoisotopic (exact) mass is 569 g/mol. The number of ether oxygens (including phenoxy) is 5. The lowest BCUT2D eigenvalue weighted by Gasteiger charge is -2.42. The van der Waals surface area contributed by atoms with Gasteiger partial charge in [-0.2, -0.15) is 0 Å². The zero-order valence-electron chi connectivity index (χ0n) is 23.3. The molecule has 0 radical (unpaired) electrons. The molecule has 0 spiro atoms. The third-order valence-corrected chi connectivity index (χ3v) is 7.07. The molecule has 5 rings (SSSR count). The maximum Gasteiger partial charge on any atom is 0.344 e. The highest BCUT2D eigenvalue weighted by atomic mass is 16.7. The molecule has 8 heteroatoms. The van der Waals surface area contributed by atoms with Gasteiger partial charge in [0.15, 0.2) is 6.10 Å². The van der Waals surface area contributed by atoms with E-state index in [2.05, 4.69) is 0 Å². The second-order valence-electron chi connectivity index (χ2n) is 10.1. The van der Waals surface area contributed by atoms with Gasteiger partial charge < -0.3 is 23.7 Å². The Morgan fingerprint density at radius 3 is 1.36 bits per heavy atom. The summed E-state index contributed by atoms with van der Waals surface area (Å²) in [6, 6.07) is 38.7. The number of hydrogen-bond acceptors (Lipinski definition) is 7. The minimum atomic E-state index is -1.48. The summed E-state index contributed by atoms with van der Waals surface area (Å²) in [5.41, 5.74) is 3.77. The van der Waals surface area contributed by atoms with E-state index in [0.29, 0.717) is 6.61 Å². The second kappa shape index (κ2) is 15.3. The molecule has 8 nitrogen and oxygen atoms in total. The van der Waals surface area contributed by atoms with Gasteiger partial charge in [-0.1, -0.05) is 121 Å². The summed E-state index contributed by atoms with van der Waals surface area (Å²) in [7, 11) is 0. The molecule has 0 aromatic heterocycles. The van der Waals surface area contributed by atoms with E-state index in [1.807, 2.05) is 121 Å². The Hall–Kier alpha value is -3.92. The van der Waals surface area contributed by atoms with Crippen molar-refractivity contribution in [1.82, 2.24) is 0 Å². The molecule has 1 unspecified atom stereocenters. The molecule has 1 fully saturated rings. The Morgan fingerprint density at radius 2 is 0.929 bits per heavy atom. The molecule has 5 atom stereocenters. The van der Waals surface area contributed by atoms with Crippen LogP contribution in [-0.4, -0.2) is 42.2 Å². The SMILES string of the molecule is O=[N+]([O-])C1O[C@H](COCc2ccccc2)[C@@H](OCc2ccccc2)[C@H](OCc2ccccc2)[C@@H]1OCc1ccccc1. The number of rotatable bonds is 14. The molecule has 0 saturated carbocycles. The first-order valence-corrected chi connectivity index (χ1v) is 14.0. The van der Waals surface area contributed by atoms with Crippen LogP contribution in [0.5, 0.6) is 0 Å². The van der Waals surface area contributed by atoms with Crippen molar-refractivity contribution in [2.45, 2.75) is 57.1 Å². The van der Waals surface area contributed by atoms with Gasteiger partial charge in [0.1, 0.15) is 18.3 Å². The van der Waals surface area contributed by atoms with Crippen LogP contribution in [0.2, 0.25) is 0 Å². The van der Waals surface area contributed by atoms with E-state index in [4.69, 9.17) is 23.7 Å². The number of nitrogens with zero attached hydrogens (tertiary/aromatic N) is 1. The highest BCUT2D eigenvalue weighted by molar-refractivity contribution is 5.16. The van der Waals surface area contributed by atoms with Gasteiger partial charge in [0.25, 0.3) is 0 Å². The lowest BCUT2D eigenvalue weighted by atomic mass is 9.97. The van der Waals surface area contributed by atoms with Gasteiger partial charge in [-0.15, -0.1) is 0 Å². The average molecular weight is 570 g/mol. The first kappa shape index (κ1) is 29.6. The first-order valence-electron chi connectivity index (χ1n) is 14.0. The first-order chi connectivity index (χ1) is 20.7. The fraction of sp³-hybridized carbons (Fsp3) is 0.294. The Morgan fingerprint density at radius 1 is 0.548 bits per heavy atom. The van der Waals surface area contributed by atoms with E-state index in [0.717, 1.165) is 22.3 Å². The Balaban J connectivity index is 1.41. The van der Waals surface area contributed by atoms with Crippen LogP contribution in [-0.2, 0) is 50.1 Å². The molecule has 42 heavy (non-hydrogen) atoms. The Kier molecular flexibility index (Phi) is 10.8. The van der Waals surface area contributed by atoms with Crippen molar-refractivity contribution >= 4 is 0 Å². The average Bonchev–Trinajstić information content (AvgIpc) is 3.04. The predicted molar refractivity (Wildman–Crippen MR) is 157 cm³/mol. The van der Waals surface area contributed by atoms with E-state index < -0.39 is 35.6 Å². The van der Waals surface area contributed by atoms with Crippen molar-refractivity contribution in [1.29, 1.82) is 0 Å². The summed E-state index contributed by atoms with van der Waals surface area (Å²) < 4.78 is 31.3. The lowest BCUT2D eigenvalue weighted by molar-refractivity contribution is -0.606. The molecule has 1 heterocycles. The Bertz CT molecular complexity index is 1340. The Labute approximate surface area is 245 Å². The van der Waals surface area contributed by atoms with Crippen LogP contribution >= 0.6 is 0 Å². The van der Waals surface area contributed by atoms with Crippen molar-refractivity contribution < 1.29 is 28.6 Å². The standard InChI is InChI=1S/C34H35NO7/c36-35(37)34-33(41-24-29-19-11-4-12-20-29)32(40-23-28-17-9-3-10-18-28)31(39-22-27-15-7-2-8-16-27)30(42-34)25-38-21-26-13-5-1-6-14-26/h1-20,30-34H,21-25H2/t30-,31-,32+,33+,34?/m1/s1. The highest BCUT2D eigenvalue weighted by Crippen LogP contribution is 2.31. The van der Waals surface area contributed by atoms with Crippen molar-refractivity contribution in [2.75, 3.05) is 6.61 Å². The van der Waals surface area contributed by atoms with Gasteiger partial charge >= 0.3 is 6.23 Å². The van der Waals surface area contributed by atoms with Crippen LogP contribution in [0.25, 0.3) is 0 Å². The van der Waals surface area contributed by atoms with Crippen LogP contribution in [0.1, 0.15) is 22.3 Å². The van der Waals surface area contributed by atoms with E-state index in [1.54, 1.807) is 0 Å². The molecule has 4 aromatic carbocycles. The zero-order chi connectivity index (χ0) is 29.0. The second-order valence-corrected chi connectivity index (χ2v) is 10.1. The molecule has 4 aromatic rings. The van der Waals surface area contributed by atoms with Crippen LogP contribution in [0, 0.1) is 10.1 Å². The smallest absolute Gasteiger partial charge is 0.344 e.